The molecule has 0 aliphatic rings. The number of allylic oxidation sites excluding steroid dienone is 1. The van der Waals surface area contributed by atoms with Crippen LogP contribution in [0.1, 0.15) is 12.5 Å². The predicted molar refractivity (Wildman–Crippen MR) is 50.4 cm³/mol. The Morgan fingerprint density at radius 3 is 2.73 bits per heavy atom. The quantitative estimate of drug-likeness (QED) is 0.567. The molecule has 0 radical (unpaired) electrons. The molecular weight excluding hydrogens is 134 g/mol. The van der Waals surface area contributed by atoms with Crippen molar-refractivity contribution in [1.29, 1.82) is 0 Å². The van der Waals surface area contributed by atoms with E-state index in [-0.39, 0.29) is 0 Å². The second kappa shape index (κ2) is 3.71. The van der Waals surface area contributed by atoms with Crippen molar-refractivity contribution >= 4 is 18.5 Å². The van der Waals surface area contributed by atoms with E-state index in [1.165, 1.54) is 0 Å². The Labute approximate surface area is 67.1 Å². The van der Waals surface area contributed by atoms with Crippen molar-refractivity contribution in [2.45, 2.75) is 6.92 Å². The number of hydrogen-bond acceptors (Lipinski definition) is 1. The number of benzene rings is 1. The number of nitrogens with zero attached hydrogens (tertiary/aromatic N) is 1. The van der Waals surface area contributed by atoms with Gasteiger partial charge in [-0.05, 0) is 25.3 Å². The Bertz CT molecular complexity index is 274. The molecule has 0 amide bonds. The van der Waals surface area contributed by atoms with E-state index in [2.05, 4.69) is 11.7 Å². The van der Waals surface area contributed by atoms with E-state index >= 15 is 0 Å². The summed E-state index contributed by atoms with van der Waals surface area (Å²) in [5, 5.41) is 0. The van der Waals surface area contributed by atoms with Crippen LogP contribution in [0.5, 0.6) is 0 Å². The molecule has 1 rings (SSSR count). The van der Waals surface area contributed by atoms with Crippen molar-refractivity contribution in [3.63, 3.8) is 0 Å². The van der Waals surface area contributed by atoms with Gasteiger partial charge in [-0.25, -0.2) is 0 Å². The third kappa shape index (κ3) is 1.77. The molecule has 0 aliphatic heterocycles. The van der Waals surface area contributed by atoms with Gasteiger partial charge in [0, 0.05) is 0 Å². The zero-order chi connectivity index (χ0) is 8.10. The molecule has 0 atom stereocenters. The van der Waals surface area contributed by atoms with Crippen LogP contribution in [0.3, 0.4) is 0 Å². The average Bonchev–Trinajstić information content (AvgIpc) is 2.06. The van der Waals surface area contributed by atoms with Crippen LogP contribution in [-0.4, -0.2) is 6.72 Å². The van der Waals surface area contributed by atoms with Gasteiger partial charge in [0.15, 0.2) is 0 Å². The maximum absolute atomic E-state index is 3.89. The highest BCUT2D eigenvalue weighted by atomic mass is 14.7. The minimum atomic E-state index is 0.936. The third-order valence-corrected chi connectivity index (χ3v) is 1.45. The molecule has 1 heteroatoms. The SMILES string of the molecule is C=Nc1ccccc1C=CC. The van der Waals surface area contributed by atoms with Crippen LogP contribution in [0, 0.1) is 0 Å². The van der Waals surface area contributed by atoms with Crippen LogP contribution in [0.2, 0.25) is 0 Å². The first kappa shape index (κ1) is 7.73. The molecule has 1 aromatic rings. The molecule has 0 spiro atoms. The minimum absolute atomic E-state index is 0.936. The standard InChI is InChI=1S/C10H11N/c1-3-6-9-7-4-5-8-10(9)11-2/h3-8H,2H2,1H3. The second-order valence-corrected chi connectivity index (χ2v) is 2.22. The number of rotatable bonds is 2. The van der Waals surface area contributed by atoms with Crippen molar-refractivity contribution in [1.82, 2.24) is 0 Å². The monoisotopic (exact) mass is 145 g/mol. The smallest absolute Gasteiger partial charge is 0.0694 e. The molecule has 1 aromatic carbocycles. The number of para-hydroxylation sites is 1. The molecular formula is C10H11N. The first-order chi connectivity index (χ1) is 5.38. The highest BCUT2D eigenvalue weighted by Gasteiger charge is 1.91. The van der Waals surface area contributed by atoms with Crippen molar-refractivity contribution < 1.29 is 0 Å². The molecule has 0 heterocycles. The molecule has 0 N–H and O–H groups in total. The van der Waals surface area contributed by atoms with Gasteiger partial charge in [-0.15, -0.1) is 0 Å². The van der Waals surface area contributed by atoms with E-state index in [4.69, 9.17) is 0 Å². The Balaban J connectivity index is 3.11. The predicted octanol–water partition coefficient (Wildman–Crippen LogP) is 3.05. The van der Waals surface area contributed by atoms with Crippen LogP contribution in [-0.2, 0) is 0 Å². The van der Waals surface area contributed by atoms with E-state index in [1.54, 1.807) is 0 Å². The molecule has 11 heavy (non-hydrogen) atoms. The Morgan fingerprint density at radius 1 is 1.36 bits per heavy atom. The highest BCUT2D eigenvalue weighted by Crippen LogP contribution is 2.18. The van der Waals surface area contributed by atoms with Crippen molar-refractivity contribution in [2.24, 2.45) is 4.99 Å². The third-order valence-electron chi connectivity index (χ3n) is 1.45. The molecule has 0 aromatic heterocycles. The summed E-state index contributed by atoms with van der Waals surface area (Å²) >= 11 is 0. The van der Waals surface area contributed by atoms with Crippen LogP contribution in [0.25, 0.3) is 6.08 Å². The van der Waals surface area contributed by atoms with Gasteiger partial charge in [0.25, 0.3) is 0 Å². The summed E-state index contributed by atoms with van der Waals surface area (Å²) in [6.45, 7) is 5.48. The van der Waals surface area contributed by atoms with Crippen molar-refractivity contribution in [2.75, 3.05) is 0 Å². The lowest BCUT2D eigenvalue weighted by Gasteiger charge is -1.96. The topological polar surface area (TPSA) is 12.4 Å². The zero-order valence-electron chi connectivity index (χ0n) is 6.62. The molecule has 0 saturated carbocycles. The molecule has 0 aliphatic carbocycles. The summed E-state index contributed by atoms with van der Waals surface area (Å²) in [5.74, 6) is 0. The van der Waals surface area contributed by atoms with Gasteiger partial charge < -0.3 is 0 Å². The van der Waals surface area contributed by atoms with Gasteiger partial charge in [-0.3, -0.25) is 4.99 Å². The summed E-state index contributed by atoms with van der Waals surface area (Å²) < 4.78 is 0. The Hall–Kier alpha value is -1.37. The highest BCUT2D eigenvalue weighted by molar-refractivity contribution is 5.65. The van der Waals surface area contributed by atoms with Crippen LogP contribution in [0.4, 0.5) is 5.69 Å². The van der Waals surface area contributed by atoms with Crippen LogP contribution in [0.15, 0.2) is 35.3 Å². The average molecular weight is 145 g/mol. The maximum Gasteiger partial charge on any atom is 0.0694 e. The summed E-state index contributed by atoms with van der Waals surface area (Å²) in [4.78, 5) is 3.89. The number of aliphatic imine (C=N–C) groups is 1. The van der Waals surface area contributed by atoms with E-state index in [1.807, 2.05) is 43.3 Å². The van der Waals surface area contributed by atoms with Gasteiger partial charge in [0.05, 0.1) is 5.69 Å². The van der Waals surface area contributed by atoms with Gasteiger partial charge in [-0.1, -0.05) is 30.4 Å². The first-order valence-corrected chi connectivity index (χ1v) is 3.57. The fourth-order valence-electron chi connectivity index (χ4n) is 0.952. The largest absolute Gasteiger partial charge is 0.264 e. The second-order valence-electron chi connectivity index (χ2n) is 2.22. The summed E-state index contributed by atoms with van der Waals surface area (Å²) in [6.07, 6.45) is 4.01. The van der Waals surface area contributed by atoms with E-state index in [9.17, 15) is 0 Å². The molecule has 1 nitrogen and oxygen atoms in total. The van der Waals surface area contributed by atoms with Crippen molar-refractivity contribution in [3.8, 4) is 0 Å². The fraction of sp³-hybridized carbons (Fsp3) is 0.100. The summed E-state index contributed by atoms with van der Waals surface area (Å²) in [5.41, 5.74) is 2.05. The normalized spacial score (nSPS) is 10.3. The molecule has 56 valence electrons. The van der Waals surface area contributed by atoms with E-state index in [0.717, 1.165) is 11.3 Å². The lowest BCUT2D eigenvalue weighted by molar-refractivity contribution is 1.52. The minimum Gasteiger partial charge on any atom is -0.264 e. The lowest BCUT2D eigenvalue weighted by Crippen LogP contribution is -1.71. The first-order valence-electron chi connectivity index (χ1n) is 3.57. The molecule has 0 saturated heterocycles. The van der Waals surface area contributed by atoms with Crippen molar-refractivity contribution in [3.05, 3.63) is 35.9 Å². The Morgan fingerprint density at radius 2 is 2.09 bits per heavy atom. The van der Waals surface area contributed by atoms with Gasteiger partial charge in [0.1, 0.15) is 0 Å². The number of hydrogen-bond donors (Lipinski definition) is 0. The molecule has 0 unspecified atom stereocenters. The summed E-state index contributed by atoms with van der Waals surface area (Å²) in [7, 11) is 0. The van der Waals surface area contributed by atoms with Gasteiger partial charge >= 0.3 is 0 Å². The van der Waals surface area contributed by atoms with Crippen LogP contribution < -0.4 is 0 Å². The summed E-state index contributed by atoms with van der Waals surface area (Å²) in [6, 6.07) is 7.91. The Kier molecular flexibility index (Phi) is 2.61. The van der Waals surface area contributed by atoms with Gasteiger partial charge in [-0.2, -0.15) is 0 Å². The maximum atomic E-state index is 3.89. The lowest BCUT2D eigenvalue weighted by atomic mass is 10.2. The molecule has 0 bridgehead atoms. The van der Waals surface area contributed by atoms with E-state index < -0.39 is 0 Å². The van der Waals surface area contributed by atoms with Gasteiger partial charge in [0.2, 0.25) is 0 Å². The molecule has 0 fully saturated rings. The fourth-order valence-corrected chi connectivity index (χ4v) is 0.952. The van der Waals surface area contributed by atoms with Crippen LogP contribution >= 0.6 is 0 Å². The van der Waals surface area contributed by atoms with E-state index in [0.29, 0.717) is 0 Å². The zero-order valence-corrected chi connectivity index (χ0v) is 6.62.